The zero-order valence-corrected chi connectivity index (χ0v) is 7.95. The van der Waals surface area contributed by atoms with Gasteiger partial charge in [0.2, 0.25) is 6.08 Å². The van der Waals surface area contributed by atoms with Crippen molar-refractivity contribution in [3.63, 3.8) is 0 Å². The topological polar surface area (TPSA) is 85.5 Å². The van der Waals surface area contributed by atoms with Crippen LogP contribution in [0.2, 0.25) is 0 Å². The van der Waals surface area contributed by atoms with E-state index in [4.69, 9.17) is 0 Å². The Kier molecular flexibility index (Phi) is 2.41. The van der Waals surface area contributed by atoms with Crippen LogP contribution in [0.3, 0.4) is 0 Å². The highest BCUT2D eigenvalue weighted by Gasteiger charge is 2.13. The average Bonchev–Trinajstić information content (AvgIpc) is 2.29. The highest BCUT2D eigenvalue weighted by atomic mass is 16.6. The summed E-state index contributed by atoms with van der Waals surface area (Å²) in [7, 11) is 0. The first-order valence-electron chi connectivity index (χ1n) is 4.33. The van der Waals surface area contributed by atoms with Gasteiger partial charge in [0, 0.05) is 23.8 Å². The van der Waals surface area contributed by atoms with Crippen molar-refractivity contribution in [1.82, 2.24) is 4.98 Å². The van der Waals surface area contributed by atoms with Crippen molar-refractivity contribution < 1.29 is 9.72 Å². The number of isocyanates is 1. The Morgan fingerprint density at radius 3 is 2.81 bits per heavy atom. The third-order valence-electron chi connectivity index (χ3n) is 2.13. The fourth-order valence-corrected chi connectivity index (χ4v) is 1.47. The number of non-ortho nitro benzene ring substituents is 1. The SMILES string of the molecule is O=C=Nc1ccc([N+](=O)[O-])c2ccncc12. The molecule has 6 heteroatoms. The molecular weight excluding hydrogens is 210 g/mol. The van der Waals surface area contributed by atoms with Crippen molar-refractivity contribution in [1.29, 1.82) is 0 Å². The Hall–Kier alpha value is -2.59. The van der Waals surface area contributed by atoms with E-state index in [9.17, 15) is 14.9 Å². The molecule has 1 heterocycles. The molecule has 0 radical (unpaired) electrons. The van der Waals surface area contributed by atoms with Gasteiger partial charge in [0.05, 0.1) is 16.0 Å². The van der Waals surface area contributed by atoms with Crippen LogP contribution in [0.1, 0.15) is 0 Å². The van der Waals surface area contributed by atoms with Gasteiger partial charge < -0.3 is 0 Å². The number of fused-ring (bicyclic) bond motifs is 1. The Bertz CT molecular complexity index is 577. The van der Waals surface area contributed by atoms with Crippen LogP contribution in [0, 0.1) is 10.1 Å². The summed E-state index contributed by atoms with van der Waals surface area (Å²) in [6.07, 6.45) is 4.28. The van der Waals surface area contributed by atoms with Crippen molar-refractivity contribution >= 4 is 28.2 Å². The summed E-state index contributed by atoms with van der Waals surface area (Å²) in [6.45, 7) is 0. The summed E-state index contributed by atoms with van der Waals surface area (Å²) in [6, 6.07) is 4.21. The molecule has 0 bridgehead atoms. The quantitative estimate of drug-likeness (QED) is 0.332. The van der Waals surface area contributed by atoms with Crippen LogP contribution in [0.4, 0.5) is 11.4 Å². The van der Waals surface area contributed by atoms with Gasteiger partial charge in [-0.25, -0.2) is 4.79 Å². The Morgan fingerprint density at radius 1 is 1.31 bits per heavy atom. The molecule has 0 aliphatic heterocycles. The van der Waals surface area contributed by atoms with E-state index in [0.29, 0.717) is 16.5 Å². The van der Waals surface area contributed by atoms with Gasteiger partial charge in [-0.3, -0.25) is 15.1 Å². The lowest BCUT2D eigenvalue weighted by atomic mass is 10.1. The standard InChI is InChI=1S/C10H5N3O3/c14-6-12-9-1-2-10(13(15)16)7-3-4-11-5-8(7)9/h1-5H. The van der Waals surface area contributed by atoms with Gasteiger partial charge in [-0.05, 0) is 12.1 Å². The molecule has 0 saturated heterocycles. The predicted octanol–water partition coefficient (Wildman–Crippen LogP) is 2.11. The summed E-state index contributed by atoms with van der Waals surface area (Å²) in [5.41, 5.74) is 0.283. The van der Waals surface area contributed by atoms with Gasteiger partial charge >= 0.3 is 0 Å². The van der Waals surface area contributed by atoms with E-state index in [0.717, 1.165) is 0 Å². The molecule has 2 rings (SSSR count). The van der Waals surface area contributed by atoms with E-state index >= 15 is 0 Å². The number of hydrogen-bond donors (Lipinski definition) is 0. The molecule has 0 unspecified atom stereocenters. The number of benzene rings is 1. The number of hydrogen-bond acceptors (Lipinski definition) is 5. The van der Waals surface area contributed by atoms with Crippen LogP contribution in [0.25, 0.3) is 10.8 Å². The first-order valence-corrected chi connectivity index (χ1v) is 4.33. The third-order valence-corrected chi connectivity index (χ3v) is 2.13. The maximum atomic E-state index is 10.8. The molecule has 0 spiro atoms. The molecule has 0 atom stereocenters. The lowest BCUT2D eigenvalue weighted by Gasteiger charge is -2.00. The minimum atomic E-state index is -0.489. The van der Waals surface area contributed by atoms with E-state index in [1.807, 2.05) is 0 Å². The van der Waals surface area contributed by atoms with Crippen molar-refractivity contribution in [2.75, 3.05) is 0 Å². The third kappa shape index (κ3) is 1.53. The summed E-state index contributed by atoms with van der Waals surface area (Å²) in [5.74, 6) is 0. The normalized spacial score (nSPS) is 9.75. The number of nitro benzene ring substituents is 1. The lowest BCUT2D eigenvalue weighted by molar-refractivity contribution is -0.383. The number of aliphatic imine (C=N–C) groups is 1. The van der Waals surface area contributed by atoms with Gasteiger partial charge in [0.15, 0.2) is 0 Å². The summed E-state index contributed by atoms with van der Waals surface area (Å²) in [5, 5.41) is 11.6. The number of pyridine rings is 1. The summed E-state index contributed by atoms with van der Waals surface area (Å²) in [4.78, 5) is 27.8. The molecule has 1 aromatic carbocycles. The molecule has 6 nitrogen and oxygen atoms in total. The zero-order chi connectivity index (χ0) is 11.5. The Morgan fingerprint density at radius 2 is 2.12 bits per heavy atom. The molecule has 0 fully saturated rings. The molecular formula is C10H5N3O3. The average molecular weight is 215 g/mol. The second-order valence-electron chi connectivity index (χ2n) is 2.99. The van der Waals surface area contributed by atoms with Crippen LogP contribution in [0.15, 0.2) is 35.6 Å². The Labute approximate surface area is 89.4 Å². The van der Waals surface area contributed by atoms with E-state index in [-0.39, 0.29) is 5.69 Å². The second kappa shape index (κ2) is 3.88. The monoisotopic (exact) mass is 215 g/mol. The smallest absolute Gasteiger partial charge is 0.264 e. The minimum absolute atomic E-state index is 0.0396. The minimum Gasteiger partial charge on any atom is -0.264 e. The number of aromatic nitrogens is 1. The fraction of sp³-hybridized carbons (Fsp3) is 0. The van der Waals surface area contributed by atoms with Gasteiger partial charge in [-0.2, -0.15) is 4.99 Å². The largest absolute Gasteiger partial charge is 0.277 e. The first kappa shape index (κ1) is 9.95. The van der Waals surface area contributed by atoms with E-state index in [1.54, 1.807) is 0 Å². The van der Waals surface area contributed by atoms with Crippen molar-refractivity contribution in [2.45, 2.75) is 0 Å². The molecule has 0 N–H and O–H groups in total. The molecule has 0 aliphatic carbocycles. The highest BCUT2D eigenvalue weighted by Crippen LogP contribution is 2.31. The molecule has 0 aliphatic rings. The van der Waals surface area contributed by atoms with E-state index in [2.05, 4.69) is 9.98 Å². The van der Waals surface area contributed by atoms with Gasteiger partial charge in [-0.15, -0.1) is 0 Å². The molecule has 1 aromatic heterocycles. The van der Waals surface area contributed by atoms with Crippen LogP contribution in [0.5, 0.6) is 0 Å². The summed E-state index contributed by atoms with van der Waals surface area (Å²) < 4.78 is 0. The first-order chi connectivity index (χ1) is 7.74. The Balaban J connectivity index is 2.87. The number of carbonyl (C=O) groups excluding carboxylic acids is 1. The van der Waals surface area contributed by atoms with Crippen LogP contribution >= 0.6 is 0 Å². The zero-order valence-electron chi connectivity index (χ0n) is 7.95. The van der Waals surface area contributed by atoms with Crippen molar-refractivity contribution in [3.8, 4) is 0 Å². The predicted molar refractivity (Wildman–Crippen MR) is 56.2 cm³/mol. The van der Waals surface area contributed by atoms with E-state index in [1.165, 1.54) is 36.7 Å². The lowest BCUT2D eigenvalue weighted by Crippen LogP contribution is -1.89. The van der Waals surface area contributed by atoms with Crippen molar-refractivity contribution in [3.05, 3.63) is 40.7 Å². The van der Waals surface area contributed by atoms with Gasteiger partial charge in [0.25, 0.3) is 5.69 Å². The highest BCUT2D eigenvalue weighted by molar-refractivity contribution is 5.98. The van der Waals surface area contributed by atoms with Crippen LogP contribution in [-0.4, -0.2) is 16.0 Å². The maximum Gasteiger partial charge on any atom is 0.277 e. The van der Waals surface area contributed by atoms with Gasteiger partial charge in [-0.1, -0.05) is 0 Å². The van der Waals surface area contributed by atoms with Gasteiger partial charge in [0.1, 0.15) is 0 Å². The second-order valence-corrected chi connectivity index (χ2v) is 2.99. The fourth-order valence-electron chi connectivity index (χ4n) is 1.47. The molecule has 78 valence electrons. The molecule has 16 heavy (non-hydrogen) atoms. The van der Waals surface area contributed by atoms with Crippen LogP contribution < -0.4 is 0 Å². The molecule has 0 saturated carbocycles. The van der Waals surface area contributed by atoms with Crippen LogP contribution in [-0.2, 0) is 4.79 Å². The molecule has 2 aromatic rings. The summed E-state index contributed by atoms with van der Waals surface area (Å²) >= 11 is 0. The number of nitro groups is 1. The number of nitrogens with zero attached hydrogens (tertiary/aromatic N) is 3. The maximum absolute atomic E-state index is 10.8. The van der Waals surface area contributed by atoms with Crippen molar-refractivity contribution in [2.24, 2.45) is 4.99 Å². The number of rotatable bonds is 2. The van der Waals surface area contributed by atoms with E-state index < -0.39 is 4.92 Å². The molecule has 0 amide bonds.